The Morgan fingerprint density at radius 3 is 2.10 bits per heavy atom. The molecule has 7 nitrogen and oxygen atoms in total. The molecule has 1 aliphatic rings. The van der Waals surface area contributed by atoms with Crippen molar-refractivity contribution in [3.8, 4) is 5.82 Å². The van der Waals surface area contributed by atoms with Crippen molar-refractivity contribution in [3.05, 3.63) is 66.2 Å². The van der Waals surface area contributed by atoms with E-state index >= 15 is 0 Å². The normalized spacial score (nSPS) is 14.9. The van der Waals surface area contributed by atoms with Crippen molar-refractivity contribution in [1.82, 2.24) is 24.6 Å². The molecule has 0 unspecified atom stereocenters. The first-order valence-corrected chi connectivity index (χ1v) is 8.96. The lowest BCUT2D eigenvalue weighted by Gasteiger charge is -2.35. The molecule has 1 saturated heterocycles. The number of halogens is 3. The molecular formula is C19H17F3N6O. The van der Waals surface area contributed by atoms with Gasteiger partial charge in [-0.2, -0.15) is 13.2 Å². The van der Waals surface area contributed by atoms with Gasteiger partial charge >= 0.3 is 6.18 Å². The van der Waals surface area contributed by atoms with E-state index in [1.54, 1.807) is 4.90 Å². The van der Waals surface area contributed by atoms with Crippen molar-refractivity contribution in [2.45, 2.75) is 6.18 Å². The highest BCUT2D eigenvalue weighted by Gasteiger charge is 2.32. The van der Waals surface area contributed by atoms with Gasteiger partial charge in [0.05, 0.1) is 5.56 Å². The SMILES string of the molecule is O=C(c1ccc(C(F)(F)F)nc1)N1CCN(c2ccc(-n3cccc3)nn2)CC1. The van der Waals surface area contributed by atoms with E-state index in [2.05, 4.69) is 15.2 Å². The number of hydrogen-bond acceptors (Lipinski definition) is 5. The van der Waals surface area contributed by atoms with Crippen molar-refractivity contribution in [2.75, 3.05) is 31.1 Å². The molecule has 4 heterocycles. The van der Waals surface area contributed by atoms with E-state index in [9.17, 15) is 18.0 Å². The number of aromatic nitrogens is 4. The number of carbonyl (C=O) groups excluding carboxylic acids is 1. The summed E-state index contributed by atoms with van der Waals surface area (Å²) in [6.45, 7) is 1.97. The average molecular weight is 402 g/mol. The molecule has 0 radical (unpaired) electrons. The fraction of sp³-hybridized carbons (Fsp3) is 0.263. The molecule has 10 heteroatoms. The Labute approximate surface area is 164 Å². The van der Waals surface area contributed by atoms with Gasteiger partial charge in [0, 0.05) is 44.8 Å². The second kappa shape index (κ2) is 7.53. The van der Waals surface area contributed by atoms with Crippen LogP contribution in [-0.2, 0) is 6.18 Å². The first-order valence-electron chi connectivity index (χ1n) is 8.96. The van der Waals surface area contributed by atoms with E-state index < -0.39 is 11.9 Å². The molecule has 0 aromatic carbocycles. The Kier molecular flexibility index (Phi) is 4.91. The van der Waals surface area contributed by atoms with Gasteiger partial charge < -0.3 is 14.4 Å². The largest absolute Gasteiger partial charge is 0.433 e. The molecule has 3 aromatic heterocycles. The lowest BCUT2D eigenvalue weighted by atomic mass is 10.2. The zero-order valence-corrected chi connectivity index (χ0v) is 15.3. The van der Waals surface area contributed by atoms with Crippen LogP contribution in [0.3, 0.4) is 0 Å². The van der Waals surface area contributed by atoms with Crippen molar-refractivity contribution >= 4 is 11.7 Å². The third-order valence-electron chi connectivity index (χ3n) is 4.70. The van der Waals surface area contributed by atoms with Crippen LogP contribution in [0.4, 0.5) is 19.0 Å². The number of anilines is 1. The third kappa shape index (κ3) is 4.05. The topological polar surface area (TPSA) is 67.2 Å². The van der Waals surface area contributed by atoms with Gasteiger partial charge in [0.2, 0.25) is 0 Å². The molecular weight excluding hydrogens is 385 g/mol. The molecule has 0 saturated carbocycles. The lowest BCUT2D eigenvalue weighted by molar-refractivity contribution is -0.141. The minimum atomic E-state index is -4.52. The van der Waals surface area contributed by atoms with Gasteiger partial charge in [-0.25, -0.2) is 0 Å². The van der Waals surface area contributed by atoms with E-state index in [0.29, 0.717) is 37.8 Å². The quantitative estimate of drug-likeness (QED) is 0.674. The second-order valence-corrected chi connectivity index (χ2v) is 6.55. The molecule has 3 aromatic rings. The van der Waals surface area contributed by atoms with Crippen molar-refractivity contribution in [3.63, 3.8) is 0 Å². The average Bonchev–Trinajstić information content (AvgIpc) is 3.28. The summed E-state index contributed by atoms with van der Waals surface area (Å²) >= 11 is 0. The minimum Gasteiger partial charge on any atom is -0.352 e. The minimum absolute atomic E-state index is 0.141. The molecule has 0 spiro atoms. The Morgan fingerprint density at radius 2 is 1.55 bits per heavy atom. The number of hydrogen-bond donors (Lipinski definition) is 0. The molecule has 29 heavy (non-hydrogen) atoms. The van der Waals surface area contributed by atoms with Crippen LogP contribution in [0.15, 0.2) is 55.0 Å². The van der Waals surface area contributed by atoms with Crippen LogP contribution >= 0.6 is 0 Å². The van der Waals surface area contributed by atoms with Crippen LogP contribution in [0.1, 0.15) is 16.1 Å². The summed E-state index contributed by atoms with van der Waals surface area (Å²) in [6, 6.07) is 9.53. The lowest BCUT2D eigenvalue weighted by Crippen LogP contribution is -2.49. The van der Waals surface area contributed by atoms with Gasteiger partial charge in [-0.15, -0.1) is 10.2 Å². The maximum absolute atomic E-state index is 12.6. The number of pyridine rings is 1. The fourth-order valence-electron chi connectivity index (χ4n) is 3.12. The Hall–Kier alpha value is -3.43. The third-order valence-corrected chi connectivity index (χ3v) is 4.70. The molecule has 1 aliphatic heterocycles. The van der Waals surface area contributed by atoms with Crippen LogP contribution in [0.25, 0.3) is 5.82 Å². The molecule has 1 amide bonds. The Bertz CT molecular complexity index is 963. The van der Waals surface area contributed by atoms with Crippen LogP contribution in [0.2, 0.25) is 0 Å². The van der Waals surface area contributed by atoms with E-state index in [-0.39, 0.29) is 11.5 Å². The van der Waals surface area contributed by atoms with Gasteiger partial charge in [-0.1, -0.05) is 0 Å². The predicted molar refractivity (Wildman–Crippen MR) is 98.7 cm³/mol. The summed E-state index contributed by atoms with van der Waals surface area (Å²) in [6.07, 6.45) is 0.211. The van der Waals surface area contributed by atoms with E-state index in [1.165, 1.54) is 0 Å². The van der Waals surface area contributed by atoms with E-state index in [1.807, 2.05) is 46.1 Å². The molecule has 0 aliphatic carbocycles. The van der Waals surface area contributed by atoms with Crippen molar-refractivity contribution < 1.29 is 18.0 Å². The van der Waals surface area contributed by atoms with Gasteiger partial charge in [0.25, 0.3) is 5.91 Å². The zero-order valence-electron chi connectivity index (χ0n) is 15.3. The summed E-state index contributed by atoms with van der Waals surface area (Å²) in [5.41, 5.74) is -0.872. The zero-order chi connectivity index (χ0) is 20.4. The number of carbonyl (C=O) groups is 1. The number of alkyl halides is 3. The van der Waals surface area contributed by atoms with Crippen LogP contribution in [-0.4, -0.2) is 56.7 Å². The number of amides is 1. The first kappa shape index (κ1) is 18.9. The van der Waals surface area contributed by atoms with Gasteiger partial charge in [0.1, 0.15) is 5.69 Å². The van der Waals surface area contributed by atoms with Crippen LogP contribution < -0.4 is 4.90 Å². The van der Waals surface area contributed by atoms with E-state index in [0.717, 1.165) is 18.3 Å². The Balaban J connectivity index is 1.37. The first-order chi connectivity index (χ1) is 13.9. The number of rotatable bonds is 3. The number of nitrogens with zero attached hydrogens (tertiary/aromatic N) is 6. The highest BCUT2D eigenvalue weighted by atomic mass is 19.4. The van der Waals surface area contributed by atoms with Gasteiger partial charge in [0.15, 0.2) is 11.6 Å². The highest BCUT2D eigenvalue weighted by Crippen LogP contribution is 2.27. The predicted octanol–water partition coefficient (Wildman–Crippen LogP) is 2.64. The molecule has 0 atom stereocenters. The van der Waals surface area contributed by atoms with Gasteiger partial charge in [-0.05, 0) is 36.4 Å². The molecule has 0 N–H and O–H groups in total. The highest BCUT2D eigenvalue weighted by molar-refractivity contribution is 5.94. The molecule has 150 valence electrons. The standard InChI is InChI=1S/C19H17F3N6O/c20-19(21,22)15-4-3-14(13-23-15)18(29)28-11-9-27(10-12-28)17-6-5-16(24-25-17)26-7-1-2-8-26/h1-8,13H,9-12H2. The summed E-state index contributed by atoms with van der Waals surface area (Å²) in [5.74, 6) is 1.09. The summed E-state index contributed by atoms with van der Waals surface area (Å²) in [4.78, 5) is 19.5. The monoisotopic (exact) mass is 402 g/mol. The summed E-state index contributed by atoms with van der Waals surface area (Å²) < 4.78 is 39.7. The maximum Gasteiger partial charge on any atom is 0.433 e. The molecule has 1 fully saturated rings. The molecule has 0 bridgehead atoms. The van der Waals surface area contributed by atoms with Crippen molar-refractivity contribution in [2.24, 2.45) is 0 Å². The van der Waals surface area contributed by atoms with Crippen LogP contribution in [0, 0.1) is 0 Å². The van der Waals surface area contributed by atoms with Gasteiger partial charge in [-0.3, -0.25) is 9.78 Å². The molecule has 4 rings (SSSR count). The number of piperazine rings is 1. The van der Waals surface area contributed by atoms with Crippen molar-refractivity contribution in [1.29, 1.82) is 0 Å². The summed E-state index contributed by atoms with van der Waals surface area (Å²) in [7, 11) is 0. The maximum atomic E-state index is 12.6. The Morgan fingerprint density at radius 1 is 0.897 bits per heavy atom. The van der Waals surface area contributed by atoms with E-state index in [4.69, 9.17) is 0 Å². The fourth-order valence-corrected chi connectivity index (χ4v) is 3.12. The summed E-state index contributed by atoms with van der Waals surface area (Å²) in [5, 5.41) is 8.47. The second-order valence-electron chi connectivity index (χ2n) is 6.55. The smallest absolute Gasteiger partial charge is 0.352 e. The van der Waals surface area contributed by atoms with Crippen LogP contribution in [0.5, 0.6) is 0 Å².